The summed E-state index contributed by atoms with van der Waals surface area (Å²) in [6.07, 6.45) is 0. The van der Waals surface area contributed by atoms with Crippen LogP contribution in [0.2, 0.25) is 0 Å². The number of amides is 1. The standard InChI is InChI=1S/C14H18N6O/c1-3-20(9-11-6-4-5-10(2)16-11)14(21)12-7-8-13(17-15)19-18-12/h4-8H,3,9,15H2,1-2H3,(H,17,19). The van der Waals surface area contributed by atoms with Crippen LogP contribution in [-0.2, 0) is 6.54 Å². The zero-order valence-electron chi connectivity index (χ0n) is 12.1. The highest BCUT2D eigenvalue weighted by atomic mass is 16.2. The minimum atomic E-state index is -0.183. The Bertz CT molecular complexity index is 613. The summed E-state index contributed by atoms with van der Waals surface area (Å²) >= 11 is 0. The smallest absolute Gasteiger partial charge is 0.274 e. The third-order valence-electron chi connectivity index (χ3n) is 3.00. The van der Waals surface area contributed by atoms with Gasteiger partial charge < -0.3 is 10.3 Å². The van der Waals surface area contributed by atoms with E-state index in [-0.39, 0.29) is 11.6 Å². The number of nitrogens with zero attached hydrogens (tertiary/aromatic N) is 4. The molecule has 0 fully saturated rings. The number of nitrogens with two attached hydrogens (primary N) is 1. The predicted molar refractivity (Wildman–Crippen MR) is 79.2 cm³/mol. The van der Waals surface area contributed by atoms with Crippen molar-refractivity contribution < 1.29 is 4.79 Å². The van der Waals surface area contributed by atoms with Crippen molar-refractivity contribution in [2.24, 2.45) is 5.84 Å². The zero-order valence-corrected chi connectivity index (χ0v) is 12.1. The summed E-state index contributed by atoms with van der Waals surface area (Å²) < 4.78 is 0. The molecule has 0 spiro atoms. The van der Waals surface area contributed by atoms with E-state index in [4.69, 9.17) is 5.84 Å². The van der Waals surface area contributed by atoms with E-state index < -0.39 is 0 Å². The third-order valence-corrected chi connectivity index (χ3v) is 3.00. The van der Waals surface area contributed by atoms with Crippen LogP contribution in [0.4, 0.5) is 5.82 Å². The molecule has 2 aromatic heterocycles. The maximum atomic E-state index is 12.4. The van der Waals surface area contributed by atoms with Gasteiger partial charge in [-0.1, -0.05) is 6.07 Å². The molecule has 110 valence electrons. The Balaban J connectivity index is 2.14. The molecular weight excluding hydrogens is 268 g/mol. The Morgan fingerprint density at radius 3 is 2.67 bits per heavy atom. The van der Waals surface area contributed by atoms with Crippen molar-refractivity contribution in [2.75, 3.05) is 12.0 Å². The van der Waals surface area contributed by atoms with Crippen LogP contribution in [0.15, 0.2) is 30.3 Å². The van der Waals surface area contributed by atoms with Gasteiger partial charge in [0.15, 0.2) is 11.5 Å². The van der Waals surface area contributed by atoms with Crippen molar-refractivity contribution in [2.45, 2.75) is 20.4 Å². The molecular formula is C14H18N6O. The highest BCUT2D eigenvalue weighted by Gasteiger charge is 2.17. The Morgan fingerprint density at radius 2 is 2.10 bits per heavy atom. The maximum absolute atomic E-state index is 12.4. The number of carbonyl (C=O) groups excluding carboxylic acids is 1. The lowest BCUT2D eigenvalue weighted by molar-refractivity contribution is 0.0743. The Hall–Kier alpha value is -2.54. The van der Waals surface area contributed by atoms with Crippen molar-refractivity contribution in [3.8, 4) is 0 Å². The Labute approximate surface area is 123 Å². The van der Waals surface area contributed by atoms with Gasteiger partial charge in [0.05, 0.1) is 12.2 Å². The molecule has 0 atom stereocenters. The van der Waals surface area contributed by atoms with E-state index in [1.165, 1.54) is 0 Å². The quantitative estimate of drug-likeness (QED) is 0.631. The number of hydrazine groups is 1. The normalized spacial score (nSPS) is 10.2. The van der Waals surface area contributed by atoms with Crippen LogP contribution in [0.3, 0.4) is 0 Å². The first-order valence-corrected chi connectivity index (χ1v) is 6.66. The molecule has 0 saturated heterocycles. The molecule has 0 aromatic carbocycles. The van der Waals surface area contributed by atoms with Gasteiger partial charge in [0.1, 0.15) is 0 Å². The number of rotatable bonds is 5. The van der Waals surface area contributed by atoms with Crippen LogP contribution in [0.5, 0.6) is 0 Å². The summed E-state index contributed by atoms with van der Waals surface area (Å²) in [6.45, 7) is 4.84. The summed E-state index contributed by atoms with van der Waals surface area (Å²) in [6, 6.07) is 8.95. The van der Waals surface area contributed by atoms with Crippen LogP contribution >= 0.6 is 0 Å². The fraction of sp³-hybridized carbons (Fsp3) is 0.286. The average Bonchev–Trinajstić information content (AvgIpc) is 2.52. The summed E-state index contributed by atoms with van der Waals surface area (Å²) in [5.41, 5.74) is 4.43. The minimum Gasteiger partial charge on any atom is -0.332 e. The SMILES string of the molecule is CCN(Cc1cccc(C)n1)C(=O)c1ccc(NN)nn1. The highest BCUT2D eigenvalue weighted by molar-refractivity contribution is 5.92. The Morgan fingerprint density at radius 1 is 1.29 bits per heavy atom. The molecule has 7 heteroatoms. The molecule has 0 saturated carbocycles. The number of hydrogen-bond acceptors (Lipinski definition) is 6. The lowest BCUT2D eigenvalue weighted by atomic mass is 10.2. The number of aryl methyl sites for hydroxylation is 1. The maximum Gasteiger partial charge on any atom is 0.274 e. The molecule has 0 aliphatic rings. The first-order valence-electron chi connectivity index (χ1n) is 6.66. The fourth-order valence-corrected chi connectivity index (χ4v) is 1.90. The van der Waals surface area contributed by atoms with Gasteiger partial charge in [-0.3, -0.25) is 9.78 Å². The van der Waals surface area contributed by atoms with Gasteiger partial charge in [-0.15, -0.1) is 10.2 Å². The van der Waals surface area contributed by atoms with Crippen molar-refractivity contribution in [3.05, 3.63) is 47.4 Å². The largest absolute Gasteiger partial charge is 0.332 e. The number of carbonyl (C=O) groups is 1. The number of aromatic nitrogens is 3. The van der Waals surface area contributed by atoms with E-state index >= 15 is 0 Å². The second-order valence-electron chi connectivity index (χ2n) is 4.54. The molecule has 0 unspecified atom stereocenters. The van der Waals surface area contributed by atoms with Gasteiger partial charge in [-0.05, 0) is 38.1 Å². The molecule has 1 amide bonds. The molecule has 0 radical (unpaired) electrons. The van der Waals surface area contributed by atoms with Crippen molar-refractivity contribution in [1.82, 2.24) is 20.1 Å². The summed E-state index contributed by atoms with van der Waals surface area (Å²) in [5.74, 6) is 5.45. The van der Waals surface area contributed by atoms with E-state index in [0.29, 0.717) is 18.9 Å². The molecule has 0 aliphatic carbocycles. The summed E-state index contributed by atoms with van der Waals surface area (Å²) in [5, 5.41) is 7.68. The van der Waals surface area contributed by atoms with Gasteiger partial charge in [0.25, 0.3) is 5.91 Å². The van der Waals surface area contributed by atoms with Crippen molar-refractivity contribution in [3.63, 3.8) is 0 Å². The number of anilines is 1. The fourth-order valence-electron chi connectivity index (χ4n) is 1.90. The molecule has 2 heterocycles. The summed E-state index contributed by atoms with van der Waals surface area (Å²) in [7, 11) is 0. The minimum absolute atomic E-state index is 0.183. The second-order valence-corrected chi connectivity index (χ2v) is 4.54. The molecule has 2 rings (SSSR count). The first-order chi connectivity index (χ1) is 10.1. The van der Waals surface area contributed by atoms with Crippen LogP contribution in [0.1, 0.15) is 28.8 Å². The van der Waals surface area contributed by atoms with Crippen LogP contribution in [0, 0.1) is 6.92 Å². The van der Waals surface area contributed by atoms with Gasteiger partial charge in [-0.2, -0.15) is 0 Å². The number of nitrogen functional groups attached to an aromatic ring is 1. The van der Waals surface area contributed by atoms with Gasteiger partial charge >= 0.3 is 0 Å². The van der Waals surface area contributed by atoms with Crippen LogP contribution in [-0.4, -0.2) is 32.5 Å². The predicted octanol–water partition coefficient (Wildman–Crippen LogP) is 1.13. The molecule has 0 aliphatic heterocycles. The lowest BCUT2D eigenvalue weighted by Crippen LogP contribution is -2.31. The monoisotopic (exact) mass is 286 g/mol. The topological polar surface area (TPSA) is 97.0 Å². The van der Waals surface area contributed by atoms with Gasteiger partial charge in [0.2, 0.25) is 0 Å². The first kappa shape index (κ1) is 14.9. The van der Waals surface area contributed by atoms with Crippen molar-refractivity contribution in [1.29, 1.82) is 0 Å². The van der Waals surface area contributed by atoms with E-state index in [1.54, 1.807) is 17.0 Å². The lowest BCUT2D eigenvalue weighted by Gasteiger charge is -2.20. The highest BCUT2D eigenvalue weighted by Crippen LogP contribution is 2.08. The molecule has 2 aromatic rings. The van der Waals surface area contributed by atoms with E-state index in [0.717, 1.165) is 11.4 Å². The summed E-state index contributed by atoms with van der Waals surface area (Å²) in [4.78, 5) is 18.5. The third kappa shape index (κ3) is 3.73. The zero-order chi connectivity index (χ0) is 15.2. The number of hydrogen-bond donors (Lipinski definition) is 2. The molecule has 21 heavy (non-hydrogen) atoms. The van der Waals surface area contributed by atoms with Crippen LogP contribution < -0.4 is 11.3 Å². The van der Waals surface area contributed by atoms with Gasteiger partial charge in [0, 0.05) is 12.2 Å². The molecule has 3 N–H and O–H groups in total. The molecule has 0 bridgehead atoms. The van der Waals surface area contributed by atoms with E-state index in [1.807, 2.05) is 32.0 Å². The number of pyridine rings is 1. The second kappa shape index (κ2) is 6.76. The van der Waals surface area contributed by atoms with E-state index in [9.17, 15) is 4.79 Å². The molecule has 7 nitrogen and oxygen atoms in total. The number of nitrogens with one attached hydrogen (secondary N) is 1. The van der Waals surface area contributed by atoms with Crippen LogP contribution in [0.25, 0.3) is 0 Å². The van der Waals surface area contributed by atoms with Crippen molar-refractivity contribution >= 4 is 11.7 Å². The van der Waals surface area contributed by atoms with Gasteiger partial charge in [-0.25, -0.2) is 5.84 Å². The Kier molecular flexibility index (Phi) is 4.78. The average molecular weight is 286 g/mol. The van der Waals surface area contributed by atoms with E-state index in [2.05, 4.69) is 20.6 Å².